The summed E-state index contributed by atoms with van der Waals surface area (Å²) in [6.07, 6.45) is 5.56. The van der Waals surface area contributed by atoms with E-state index in [2.05, 4.69) is 24.0 Å². The average Bonchev–Trinajstić information content (AvgIpc) is 2.94. The van der Waals surface area contributed by atoms with Gasteiger partial charge in [0.1, 0.15) is 0 Å². The molecule has 5 heteroatoms. The van der Waals surface area contributed by atoms with E-state index in [4.69, 9.17) is 14.2 Å². The molecule has 0 aromatic heterocycles. The van der Waals surface area contributed by atoms with Crippen LogP contribution in [0.1, 0.15) is 38.7 Å². The number of hydrogen-bond donors (Lipinski definition) is 0. The molecule has 0 N–H and O–H groups in total. The van der Waals surface area contributed by atoms with Crippen LogP contribution in [0.2, 0.25) is 0 Å². The number of piperidine rings is 1. The van der Waals surface area contributed by atoms with E-state index in [0.29, 0.717) is 23.6 Å². The van der Waals surface area contributed by atoms with Crippen LogP contribution in [0.15, 0.2) is 17.2 Å². The van der Waals surface area contributed by atoms with Gasteiger partial charge in [0.25, 0.3) is 0 Å². The molecule has 0 radical (unpaired) electrons. The van der Waals surface area contributed by atoms with Gasteiger partial charge in [-0.1, -0.05) is 0 Å². The fraction of sp³-hybridized carbons (Fsp3) is 0.562. The molecule has 5 nitrogen and oxygen atoms in total. The molecule has 1 aromatic carbocycles. The summed E-state index contributed by atoms with van der Waals surface area (Å²) in [5, 5.41) is 6.87. The van der Waals surface area contributed by atoms with E-state index in [-0.39, 0.29) is 6.79 Å². The van der Waals surface area contributed by atoms with Gasteiger partial charge in [-0.25, -0.2) is 0 Å². The first-order valence-corrected chi connectivity index (χ1v) is 7.49. The second kappa shape index (κ2) is 5.84. The summed E-state index contributed by atoms with van der Waals surface area (Å²) in [6.45, 7) is 4.70. The molecule has 114 valence electrons. The standard InChI is InChI=1S/C16H22N2O3/c1-11-5-4-6-12(2)18(11)17-9-13-7-14(19-3)16-15(8-13)20-10-21-16/h7-9,11-12H,4-6,10H2,1-3H3/b17-9-/t11-,12-/m1/s1. The molecule has 2 heterocycles. The van der Waals surface area contributed by atoms with E-state index < -0.39 is 0 Å². The first-order chi connectivity index (χ1) is 10.2. The Labute approximate surface area is 125 Å². The summed E-state index contributed by atoms with van der Waals surface area (Å²) in [6, 6.07) is 4.84. The second-order valence-corrected chi connectivity index (χ2v) is 5.71. The third-order valence-corrected chi connectivity index (χ3v) is 4.17. The molecule has 0 unspecified atom stereocenters. The van der Waals surface area contributed by atoms with Crippen LogP contribution in [0, 0.1) is 0 Å². The minimum absolute atomic E-state index is 0.243. The van der Waals surface area contributed by atoms with Gasteiger partial charge in [0.2, 0.25) is 12.5 Å². The lowest BCUT2D eigenvalue weighted by Crippen LogP contribution is -2.39. The first kappa shape index (κ1) is 14.0. The monoisotopic (exact) mass is 290 g/mol. The van der Waals surface area contributed by atoms with E-state index in [0.717, 1.165) is 11.3 Å². The van der Waals surface area contributed by atoms with Crippen molar-refractivity contribution >= 4 is 6.21 Å². The number of nitrogens with zero attached hydrogens (tertiary/aromatic N) is 2. The van der Waals surface area contributed by atoms with E-state index >= 15 is 0 Å². The maximum Gasteiger partial charge on any atom is 0.231 e. The number of benzene rings is 1. The topological polar surface area (TPSA) is 43.3 Å². The third kappa shape index (κ3) is 2.77. The van der Waals surface area contributed by atoms with Crippen molar-refractivity contribution in [1.29, 1.82) is 0 Å². The number of fused-ring (bicyclic) bond motifs is 1. The molecule has 0 aliphatic carbocycles. The van der Waals surface area contributed by atoms with Crippen molar-refractivity contribution in [1.82, 2.24) is 5.01 Å². The average molecular weight is 290 g/mol. The molecule has 21 heavy (non-hydrogen) atoms. The minimum atomic E-state index is 0.243. The van der Waals surface area contributed by atoms with Crippen molar-refractivity contribution in [3.63, 3.8) is 0 Å². The Hall–Kier alpha value is -1.91. The Morgan fingerprint density at radius 1 is 1.24 bits per heavy atom. The molecule has 1 aromatic rings. The van der Waals surface area contributed by atoms with Gasteiger partial charge in [0, 0.05) is 17.6 Å². The van der Waals surface area contributed by atoms with Crippen LogP contribution in [0.3, 0.4) is 0 Å². The molecule has 2 atom stereocenters. The molecule has 0 saturated carbocycles. The first-order valence-electron chi connectivity index (χ1n) is 7.49. The molecule has 2 aliphatic rings. The molecule has 0 spiro atoms. The van der Waals surface area contributed by atoms with Gasteiger partial charge in [-0.3, -0.25) is 5.01 Å². The smallest absolute Gasteiger partial charge is 0.231 e. The number of ether oxygens (including phenoxy) is 3. The largest absolute Gasteiger partial charge is 0.493 e. The molecular weight excluding hydrogens is 268 g/mol. The van der Waals surface area contributed by atoms with Gasteiger partial charge in [-0.15, -0.1) is 0 Å². The van der Waals surface area contributed by atoms with Crippen LogP contribution < -0.4 is 14.2 Å². The van der Waals surface area contributed by atoms with Gasteiger partial charge in [-0.05, 0) is 45.2 Å². The van der Waals surface area contributed by atoms with Crippen LogP contribution in [-0.4, -0.2) is 37.2 Å². The van der Waals surface area contributed by atoms with Crippen molar-refractivity contribution in [2.75, 3.05) is 13.9 Å². The Morgan fingerprint density at radius 3 is 2.71 bits per heavy atom. The highest BCUT2D eigenvalue weighted by molar-refractivity contribution is 5.82. The van der Waals surface area contributed by atoms with Gasteiger partial charge < -0.3 is 14.2 Å². The Bertz CT molecular complexity index is 535. The number of hydrazone groups is 1. The molecular formula is C16H22N2O3. The van der Waals surface area contributed by atoms with Crippen LogP contribution >= 0.6 is 0 Å². The summed E-state index contributed by atoms with van der Waals surface area (Å²) >= 11 is 0. The Morgan fingerprint density at radius 2 is 2.00 bits per heavy atom. The van der Waals surface area contributed by atoms with Gasteiger partial charge in [-0.2, -0.15) is 5.10 Å². The predicted octanol–water partition coefficient (Wildman–Crippen LogP) is 3.02. The summed E-state index contributed by atoms with van der Waals surface area (Å²) in [7, 11) is 1.63. The molecule has 1 saturated heterocycles. The van der Waals surface area contributed by atoms with Crippen molar-refractivity contribution in [3.8, 4) is 17.2 Å². The normalized spacial score (nSPS) is 24.6. The van der Waals surface area contributed by atoms with Gasteiger partial charge >= 0.3 is 0 Å². The Balaban J connectivity index is 1.82. The molecule has 2 aliphatic heterocycles. The van der Waals surface area contributed by atoms with Crippen molar-refractivity contribution in [2.24, 2.45) is 5.10 Å². The lowest BCUT2D eigenvalue weighted by Gasteiger charge is -2.36. The minimum Gasteiger partial charge on any atom is -0.493 e. The van der Waals surface area contributed by atoms with Gasteiger partial charge in [0.05, 0.1) is 13.3 Å². The van der Waals surface area contributed by atoms with Crippen LogP contribution in [0.25, 0.3) is 0 Å². The number of hydrogen-bond acceptors (Lipinski definition) is 5. The van der Waals surface area contributed by atoms with E-state index in [1.165, 1.54) is 19.3 Å². The number of rotatable bonds is 3. The van der Waals surface area contributed by atoms with Crippen LogP contribution in [-0.2, 0) is 0 Å². The highest BCUT2D eigenvalue weighted by atomic mass is 16.7. The van der Waals surface area contributed by atoms with Crippen LogP contribution in [0.4, 0.5) is 0 Å². The lowest BCUT2D eigenvalue weighted by molar-refractivity contribution is 0.109. The number of methoxy groups -OCH3 is 1. The summed E-state index contributed by atoms with van der Waals surface area (Å²) < 4.78 is 16.2. The highest BCUT2D eigenvalue weighted by Gasteiger charge is 2.23. The maximum absolute atomic E-state index is 5.44. The van der Waals surface area contributed by atoms with E-state index in [1.54, 1.807) is 7.11 Å². The maximum atomic E-state index is 5.44. The zero-order chi connectivity index (χ0) is 14.8. The third-order valence-electron chi connectivity index (χ3n) is 4.17. The zero-order valence-electron chi connectivity index (χ0n) is 12.8. The SMILES string of the molecule is COc1cc(/C=N\N2[C@H](C)CCC[C@H]2C)cc2c1OCO2. The highest BCUT2D eigenvalue weighted by Crippen LogP contribution is 2.41. The summed E-state index contributed by atoms with van der Waals surface area (Å²) in [4.78, 5) is 0. The lowest BCUT2D eigenvalue weighted by atomic mass is 10.00. The second-order valence-electron chi connectivity index (χ2n) is 5.71. The van der Waals surface area contributed by atoms with Gasteiger partial charge in [0.15, 0.2) is 11.5 Å². The Kier molecular flexibility index (Phi) is 3.90. The van der Waals surface area contributed by atoms with E-state index in [9.17, 15) is 0 Å². The molecule has 3 rings (SSSR count). The van der Waals surface area contributed by atoms with Crippen molar-refractivity contribution in [3.05, 3.63) is 17.7 Å². The quantitative estimate of drug-likeness (QED) is 0.803. The molecule has 1 fully saturated rings. The zero-order valence-corrected chi connectivity index (χ0v) is 12.8. The molecule has 0 bridgehead atoms. The van der Waals surface area contributed by atoms with Crippen molar-refractivity contribution in [2.45, 2.75) is 45.2 Å². The van der Waals surface area contributed by atoms with E-state index in [1.807, 2.05) is 18.3 Å². The van der Waals surface area contributed by atoms with Crippen molar-refractivity contribution < 1.29 is 14.2 Å². The van der Waals surface area contributed by atoms with Crippen LogP contribution in [0.5, 0.6) is 17.2 Å². The predicted molar refractivity (Wildman–Crippen MR) is 81.3 cm³/mol. The fourth-order valence-electron chi connectivity index (χ4n) is 2.99. The summed E-state index contributed by atoms with van der Waals surface area (Å²) in [5.74, 6) is 2.08. The fourth-order valence-corrected chi connectivity index (χ4v) is 2.99. The summed E-state index contributed by atoms with van der Waals surface area (Å²) in [5.41, 5.74) is 0.959. The molecule has 0 amide bonds.